The van der Waals surface area contributed by atoms with E-state index in [0.717, 1.165) is 19.5 Å². The standard InChI is InChI=1S/C12H19IN2O/c1-13(2)11-5-12(7-14-6-11)15-4-3-10(8-15)9-16/h5-7,10,16H,3-4,8-9H2,1-2H3. The molecule has 0 radical (unpaired) electrons. The Bertz CT molecular complexity index is 357. The van der Waals surface area contributed by atoms with Gasteiger partial charge in [-0.2, -0.15) is 0 Å². The van der Waals surface area contributed by atoms with Crippen molar-refractivity contribution in [2.45, 2.75) is 6.42 Å². The predicted molar refractivity (Wildman–Crippen MR) is 76.2 cm³/mol. The molecule has 1 aromatic heterocycles. The molecule has 90 valence electrons. The Morgan fingerprint density at radius 1 is 1.50 bits per heavy atom. The summed E-state index contributed by atoms with van der Waals surface area (Å²) in [5.74, 6) is 0.446. The second-order valence-electron chi connectivity index (χ2n) is 4.40. The van der Waals surface area contributed by atoms with Gasteiger partial charge in [0.2, 0.25) is 0 Å². The molecule has 16 heavy (non-hydrogen) atoms. The Balaban J connectivity index is 2.12. The van der Waals surface area contributed by atoms with E-state index in [1.54, 1.807) is 0 Å². The molecule has 1 N–H and O–H groups in total. The summed E-state index contributed by atoms with van der Waals surface area (Å²) in [6.45, 7) is 2.34. The third-order valence-electron chi connectivity index (χ3n) is 3.04. The first kappa shape index (κ1) is 12.1. The first-order valence-electron chi connectivity index (χ1n) is 5.51. The minimum absolute atomic E-state index is 0.309. The Kier molecular flexibility index (Phi) is 4.02. The van der Waals surface area contributed by atoms with Crippen LogP contribution in [0.2, 0.25) is 0 Å². The molecule has 1 unspecified atom stereocenters. The molecule has 1 fully saturated rings. The number of aromatic nitrogens is 1. The molecule has 0 aromatic carbocycles. The van der Waals surface area contributed by atoms with Crippen molar-refractivity contribution in [3.63, 3.8) is 0 Å². The summed E-state index contributed by atoms with van der Waals surface area (Å²) in [7, 11) is 0. The maximum atomic E-state index is 9.14. The second-order valence-corrected chi connectivity index (χ2v) is 9.96. The SMILES string of the molecule is CI(C)c1cncc(N2CCC(CO)C2)c1. The van der Waals surface area contributed by atoms with Gasteiger partial charge in [-0.1, -0.05) is 0 Å². The zero-order chi connectivity index (χ0) is 11.5. The van der Waals surface area contributed by atoms with Crippen LogP contribution in [0.3, 0.4) is 0 Å². The van der Waals surface area contributed by atoms with Crippen LogP contribution in [0.1, 0.15) is 6.42 Å². The van der Waals surface area contributed by atoms with Crippen LogP contribution in [0.25, 0.3) is 0 Å². The van der Waals surface area contributed by atoms with E-state index in [9.17, 15) is 0 Å². The fraction of sp³-hybridized carbons (Fsp3) is 0.583. The minimum atomic E-state index is -0.925. The van der Waals surface area contributed by atoms with E-state index >= 15 is 0 Å². The summed E-state index contributed by atoms with van der Waals surface area (Å²) in [5.41, 5.74) is 1.24. The van der Waals surface area contributed by atoms with E-state index < -0.39 is 19.8 Å². The number of pyridine rings is 1. The van der Waals surface area contributed by atoms with Gasteiger partial charge in [-0.05, 0) is 0 Å². The van der Waals surface area contributed by atoms with Gasteiger partial charge in [0, 0.05) is 0 Å². The van der Waals surface area contributed by atoms with E-state index in [1.807, 2.05) is 12.4 Å². The molecule has 2 heterocycles. The number of rotatable bonds is 3. The zero-order valence-electron chi connectivity index (χ0n) is 9.86. The van der Waals surface area contributed by atoms with Crippen LogP contribution in [0.4, 0.5) is 5.69 Å². The summed E-state index contributed by atoms with van der Waals surface area (Å²) in [5, 5.41) is 9.14. The van der Waals surface area contributed by atoms with Crippen molar-refractivity contribution in [2.24, 2.45) is 5.92 Å². The number of halogens is 1. The molecule has 1 atom stereocenters. The normalized spacial score (nSPS) is 21.3. The van der Waals surface area contributed by atoms with Crippen molar-refractivity contribution in [1.29, 1.82) is 0 Å². The fourth-order valence-electron chi connectivity index (χ4n) is 2.00. The van der Waals surface area contributed by atoms with Crippen LogP contribution >= 0.6 is 19.8 Å². The van der Waals surface area contributed by atoms with Crippen LogP contribution < -0.4 is 4.90 Å². The molecule has 0 aliphatic carbocycles. The van der Waals surface area contributed by atoms with Crippen molar-refractivity contribution in [2.75, 3.05) is 34.5 Å². The van der Waals surface area contributed by atoms with Crippen molar-refractivity contribution in [3.05, 3.63) is 22.0 Å². The van der Waals surface area contributed by atoms with Gasteiger partial charge in [0.15, 0.2) is 0 Å². The number of alkyl halides is 2. The summed E-state index contributed by atoms with van der Waals surface area (Å²) in [6.07, 6.45) is 5.05. The molecule has 4 heteroatoms. The molecule has 0 bridgehead atoms. The predicted octanol–water partition coefficient (Wildman–Crippen LogP) is 1.84. The molecule has 0 saturated carbocycles. The van der Waals surface area contributed by atoms with E-state index in [1.165, 1.54) is 9.26 Å². The van der Waals surface area contributed by atoms with Gasteiger partial charge in [0.05, 0.1) is 0 Å². The number of hydrogen-bond donors (Lipinski definition) is 1. The quantitative estimate of drug-likeness (QED) is 0.677. The monoisotopic (exact) mass is 334 g/mol. The van der Waals surface area contributed by atoms with Gasteiger partial charge in [-0.3, -0.25) is 0 Å². The van der Waals surface area contributed by atoms with Gasteiger partial charge < -0.3 is 0 Å². The molecule has 1 aliphatic heterocycles. The molecule has 1 aliphatic rings. The van der Waals surface area contributed by atoms with Crippen molar-refractivity contribution in [1.82, 2.24) is 4.98 Å². The molecular formula is C12H19IN2O. The summed E-state index contributed by atoms with van der Waals surface area (Å²) >= 11 is -0.925. The van der Waals surface area contributed by atoms with E-state index in [2.05, 4.69) is 25.8 Å². The van der Waals surface area contributed by atoms with Crippen LogP contribution in [-0.4, -0.2) is 39.6 Å². The molecule has 3 nitrogen and oxygen atoms in total. The molecule has 0 amide bonds. The number of nitrogens with zero attached hydrogens (tertiary/aromatic N) is 2. The summed E-state index contributed by atoms with van der Waals surface area (Å²) in [6, 6.07) is 2.29. The zero-order valence-corrected chi connectivity index (χ0v) is 12.0. The average molecular weight is 334 g/mol. The van der Waals surface area contributed by atoms with Gasteiger partial charge in [-0.25, -0.2) is 0 Å². The average Bonchev–Trinajstić information content (AvgIpc) is 2.77. The molecule has 1 aromatic rings. The first-order valence-corrected chi connectivity index (χ1v) is 10.9. The number of hydrogen-bond acceptors (Lipinski definition) is 3. The summed E-state index contributed by atoms with van der Waals surface area (Å²) < 4.78 is 1.44. The Hall–Kier alpha value is -0.360. The third kappa shape index (κ3) is 2.66. The number of aliphatic hydroxyl groups is 1. The third-order valence-corrected chi connectivity index (χ3v) is 6.12. The Morgan fingerprint density at radius 2 is 2.31 bits per heavy atom. The van der Waals surface area contributed by atoms with E-state index in [4.69, 9.17) is 5.11 Å². The van der Waals surface area contributed by atoms with Gasteiger partial charge in [-0.15, -0.1) is 0 Å². The van der Waals surface area contributed by atoms with Crippen LogP contribution in [0.15, 0.2) is 18.5 Å². The Labute approximate surface area is 104 Å². The summed E-state index contributed by atoms with van der Waals surface area (Å²) in [4.78, 5) is 11.4. The van der Waals surface area contributed by atoms with Crippen LogP contribution in [0.5, 0.6) is 0 Å². The van der Waals surface area contributed by atoms with Crippen molar-refractivity contribution in [3.8, 4) is 0 Å². The second kappa shape index (κ2) is 5.31. The molecule has 2 rings (SSSR count). The van der Waals surface area contributed by atoms with Gasteiger partial charge in [0.25, 0.3) is 0 Å². The first-order chi connectivity index (χ1) is 7.70. The molecule has 0 spiro atoms. The van der Waals surface area contributed by atoms with Crippen molar-refractivity contribution >= 4 is 25.5 Å². The van der Waals surface area contributed by atoms with E-state index in [0.29, 0.717) is 12.5 Å². The van der Waals surface area contributed by atoms with Crippen LogP contribution in [0, 0.1) is 9.49 Å². The van der Waals surface area contributed by atoms with Gasteiger partial charge in [0.1, 0.15) is 0 Å². The van der Waals surface area contributed by atoms with Crippen molar-refractivity contribution < 1.29 is 5.11 Å². The van der Waals surface area contributed by atoms with Crippen LogP contribution in [-0.2, 0) is 0 Å². The fourth-order valence-corrected chi connectivity index (χ4v) is 3.66. The Morgan fingerprint density at radius 3 is 2.94 bits per heavy atom. The topological polar surface area (TPSA) is 36.4 Å². The molecular weight excluding hydrogens is 315 g/mol. The number of aliphatic hydroxyl groups excluding tert-OH is 1. The van der Waals surface area contributed by atoms with Gasteiger partial charge >= 0.3 is 104 Å². The number of anilines is 1. The molecule has 1 saturated heterocycles. The maximum absolute atomic E-state index is 9.14. The van der Waals surface area contributed by atoms with E-state index in [-0.39, 0.29) is 0 Å².